The molecule has 0 fully saturated rings. The van der Waals surface area contributed by atoms with Crippen LogP contribution in [0.1, 0.15) is 21.7 Å². The van der Waals surface area contributed by atoms with Gasteiger partial charge in [-0.05, 0) is 24.3 Å². The fourth-order valence-corrected chi connectivity index (χ4v) is 2.54. The topological polar surface area (TPSA) is 110 Å². The van der Waals surface area contributed by atoms with Gasteiger partial charge in [0.2, 0.25) is 5.78 Å². The number of furan rings is 1. The largest absolute Gasteiger partial charge is 0.507 e. The summed E-state index contributed by atoms with van der Waals surface area (Å²) in [6.07, 6.45) is 2.96. The van der Waals surface area contributed by atoms with E-state index in [1.165, 1.54) is 29.4 Å². The van der Waals surface area contributed by atoms with E-state index in [0.717, 1.165) is 0 Å². The second-order valence-corrected chi connectivity index (χ2v) is 5.36. The number of nitrogens with zero attached hydrogens (tertiary/aromatic N) is 3. The Kier molecular flexibility index (Phi) is 4.51. The van der Waals surface area contributed by atoms with Gasteiger partial charge < -0.3 is 14.3 Å². The lowest BCUT2D eigenvalue weighted by Gasteiger charge is -2.17. The first-order valence-corrected chi connectivity index (χ1v) is 7.43. The maximum Gasteiger partial charge on any atom is 0.232 e. The van der Waals surface area contributed by atoms with Gasteiger partial charge in [0.05, 0.1) is 42.6 Å². The van der Waals surface area contributed by atoms with Gasteiger partial charge in [-0.1, -0.05) is 0 Å². The fraction of sp³-hybridized carbons (Fsp3) is 0.167. The van der Waals surface area contributed by atoms with Crippen LogP contribution in [0.2, 0.25) is 0 Å². The zero-order chi connectivity index (χ0) is 17.8. The van der Waals surface area contributed by atoms with Gasteiger partial charge in [0, 0.05) is 12.6 Å². The van der Waals surface area contributed by atoms with Crippen LogP contribution in [-0.2, 0) is 6.54 Å². The molecule has 2 aromatic rings. The Bertz CT molecular complexity index is 901. The number of benzene rings is 1. The number of phenols is 1. The summed E-state index contributed by atoms with van der Waals surface area (Å²) in [6, 6.07) is 10.2. The number of hydrogen-bond donors (Lipinski definition) is 1. The van der Waals surface area contributed by atoms with Crippen LogP contribution in [0.5, 0.6) is 11.5 Å². The van der Waals surface area contributed by atoms with Crippen molar-refractivity contribution in [2.45, 2.75) is 6.54 Å². The van der Waals surface area contributed by atoms with Gasteiger partial charge in [0.1, 0.15) is 17.3 Å². The Morgan fingerprint density at radius 3 is 2.60 bits per heavy atom. The molecule has 0 saturated heterocycles. The van der Waals surface area contributed by atoms with Gasteiger partial charge >= 0.3 is 0 Å². The minimum atomic E-state index is -0.320. The molecule has 0 spiro atoms. The third-order valence-electron chi connectivity index (χ3n) is 3.70. The maximum absolute atomic E-state index is 12.5. The van der Waals surface area contributed by atoms with Crippen LogP contribution < -0.4 is 4.74 Å². The lowest BCUT2D eigenvalue weighted by atomic mass is 10.0. The fourth-order valence-electron chi connectivity index (χ4n) is 2.54. The van der Waals surface area contributed by atoms with Crippen LogP contribution in [0.25, 0.3) is 6.08 Å². The van der Waals surface area contributed by atoms with E-state index < -0.39 is 0 Å². The zero-order valence-electron chi connectivity index (χ0n) is 13.1. The number of carbonyl (C=O) groups is 1. The van der Waals surface area contributed by atoms with E-state index in [4.69, 9.17) is 19.7 Å². The molecule has 25 heavy (non-hydrogen) atoms. The number of hydrogen-bond acceptors (Lipinski definition) is 7. The van der Waals surface area contributed by atoms with Crippen molar-refractivity contribution in [3.8, 4) is 23.6 Å². The van der Waals surface area contributed by atoms with Crippen LogP contribution in [0.4, 0.5) is 0 Å². The van der Waals surface area contributed by atoms with Gasteiger partial charge in [0.25, 0.3) is 0 Å². The summed E-state index contributed by atoms with van der Waals surface area (Å²) < 4.78 is 10.8. The molecule has 0 saturated carbocycles. The molecule has 0 unspecified atom stereocenters. The highest BCUT2D eigenvalue weighted by atomic mass is 16.5. The van der Waals surface area contributed by atoms with Gasteiger partial charge in [-0.2, -0.15) is 10.5 Å². The average Bonchev–Trinajstić information content (AvgIpc) is 3.20. The lowest BCUT2D eigenvalue weighted by molar-refractivity contribution is 0.101. The minimum absolute atomic E-state index is 0.0136. The van der Waals surface area contributed by atoms with Crippen molar-refractivity contribution in [1.82, 2.24) is 4.90 Å². The number of carbonyl (C=O) groups excluding carboxylic acids is 1. The minimum Gasteiger partial charge on any atom is -0.507 e. The van der Waals surface area contributed by atoms with E-state index in [1.807, 2.05) is 12.1 Å². The van der Waals surface area contributed by atoms with E-state index >= 15 is 0 Å². The molecular formula is C18H13N3O4. The summed E-state index contributed by atoms with van der Waals surface area (Å²) in [4.78, 5) is 14.0. The quantitative estimate of drug-likeness (QED) is 0.660. The third kappa shape index (κ3) is 3.23. The Hall–Kier alpha value is -3.55. The van der Waals surface area contributed by atoms with E-state index in [2.05, 4.69) is 0 Å². The summed E-state index contributed by atoms with van der Waals surface area (Å²) in [5.74, 6) is 0.413. The molecule has 1 aliphatic heterocycles. The van der Waals surface area contributed by atoms with Crippen molar-refractivity contribution in [3.05, 3.63) is 53.2 Å². The van der Waals surface area contributed by atoms with Crippen molar-refractivity contribution in [2.75, 3.05) is 13.1 Å². The summed E-state index contributed by atoms with van der Waals surface area (Å²) in [7, 11) is 0. The smallest absolute Gasteiger partial charge is 0.232 e. The van der Waals surface area contributed by atoms with Crippen molar-refractivity contribution >= 4 is 11.9 Å². The molecule has 2 heterocycles. The molecule has 0 bridgehead atoms. The molecule has 7 heteroatoms. The highest BCUT2D eigenvalue weighted by Crippen LogP contribution is 2.40. The number of ketones is 1. The molecular weight excluding hydrogens is 322 g/mol. The second-order valence-electron chi connectivity index (χ2n) is 5.36. The highest BCUT2D eigenvalue weighted by molar-refractivity contribution is 6.14. The first-order chi connectivity index (χ1) is 12.1. The Labute approximate surface area is 143 Å². The average molecular weight is 335 g/mol. The molecule has 0 amide bonds. The normalized spacial score (nSPS) is 14.2. The molecule has 7 nitrogen and oxygen atoms in total. The first-order valence-electron chi connectivity index (χ1n) is 7.43. The molecule has 0 radical (unpaired) electrons. The van der Waals surface area contributed by atoms with E-state index in [1.54, 1.807) is 12.1 Å². The molecule has 0 aliphatic carbocycles. The standard InChI is InChI=1S/C18H13N3O4/c19-5-7-21(8-6-20)11-14-15(22)4-3-13-17(23)16(25-18(13)14)10-12-2-1-9-24-12/h1-4,9-10,22H,7-8,11H2/b16-10-. The number of ether oxygens (including phenoxy) is 1. The number of fused-ring (bicyclic) bond motifs is 1. The maximum atomic E-state index is 12.5. The Morgan fingerprint density at radius 2 is 1.96 bits per heavy atom. The molecule has 1 aromatic heterocycles. The first kappa shape index (κ1) is 16.3. The van der Waals surface area contributed by atoms with E-state index in [-0.39, 0.29) is 42.7 Å². The Morgan fingerprint density at radius 1 is 1.20 bits per heavy atom. The van der Waals surface area contributed by atoms with Crippen LogP contribution in [0, 0.1) is 22.7 Å². The number of phenolic OH excluding ortho intramolecular Hbond substituents is 1. The van der Waals surface area contributed by atoms with Gasteiger partial charge in [0.15, 0.2) is 5.76 Å². The Balaban J connectivity index is 1.96. The highest BCUT2D eigenvalue weighted by Gasteiger charge is 2.31. The van der Waals surface area contributed by atoms with Crippen molar-refractivity contribution in [2.24, 2.45) is 0 Å². The molecule has 1 aliphatic rings. The molecule has 1 aromatic carbocycles. The van der Waals surface area contributed by atoms with Crippen LogP contribution in [0.15, 0.2) is 40.7 Å². The molecule has 1 N–H and O–H groups in total. The van der Waals surface area contributed by atoms with Crippen molar-refractivity contribution in [3.63, 3.8) is 0 Å². The predicted octanol–water partition coefficient (Wildman–Crippen LogP) is 2.45. The lowest BCUT2D eigenvalue weighted by Crippen LogP contribution is -2.24. The van der Waals surface area contributed by atoms with Crippen LogP contribution >= 0.6 is 0 Å². The van der Waals surface area contributed by atoms with E-state index in [0.29, 0.717) is 16.9 Å². The SMILES string of the molecule is N#CCN(CC#N)Cc1c(O)ccc2c1O/C(=C\c1ccco1)C2=O. The second kappa shape index (κ2) is 6.91. The third-order valence-corrected chi connectivity index (χ3v) is 3.70. The predicted molar refractivity (Wildman–Crippen MR) is 86.3 cm³/mol. The molecule has 124 valence electrons. The van der Waals surface area contributed by atoms with Crippen molar-refractivity contribution in [1.29, 1.82) is 10.5 Å². The van der Waals surface area contributed by atoms with Gasteiger partial charge in [-0.3, -0.25) is 9.69 Å². The molecule has 3 rings (SSSR count). The van der Waals surface area contributed by atoms with Crippen LogP contribution in [-0.4, -0.2) is 28.9 Å². The number of aromatic hydroxyl groups is 1. The molecule has 0 atom stereocenters. The van der Waals surface area contributed by atoms with E-state index in [9.17, 15) is 9.90 Å². The van der Waals surface area contributed by atoms with Crippen LogP contribution in [0.3, 0.4) is 0 Å². The number of rotatable bonds is 5. The summed E-state index contributed by atoms with van der Waals surface area (Å²) in [5, 5.41) is 27.9. The van der Waals surface area contributed by atoms with Gasteiger partial charge in [-0.25, -0.2) is 0 Å². The summed E-state index contributed by atoms with van der Waals surface area (Å²) >= 11 is 0. The number of allylic oxidation sites excluding steroid dienone is 1. The van der Waals surface area contributed by atoms with Gasteiger partial charge in [-0.15, -0.1) is 0 Å². The zero-order valence-corrected chi connectivity index (χ0v) is 13.1. The monoisotopic (exact) mass is 335 g/mol. The number of nitriles is 2. The van der Waals surface area contributed by atoms with Crippen molar-refractivity contribution < 1.29 is 19.1 Å². The number of Topliss-reactive ketones (excluding diaryl/α,β-unsaturated/α-hetero) is 1. The summed E-state index contributed by atoms with van der Waals surface area (Å²) in [6.45, 7) is 0.136. The summed E-state index contributed by atoms with van der Waals surface area (Å²) in [5.41, 5.74) is 0.679.